The molecule has 41 heavy (non-hydrogen) atoms. The molecule has 0 aliphatic carbocycles. The van der Waals surface area contributed by atoms with Gasteiger partial charge in [-0.05, 0) is 81.0 Å². The van der Waals surface area contributed by atoms with Crippen molar-refractivity contribution in [2.24, 2.45) is 0 Å². The highest BCUT2D eigenvalue weighted by Gasteiger charge is 2.33. The molecular formula is C33H43N3O4S. The van der Waals surface area contributed by atoms with Gasteiger partial charge >= 0.3 is 0 Å². The molecule has 1 N–H and O–H groups in total. The highest BCUT2D eigenvalue weighted by molar-refractivity contribution is 7.92. The van der Waals surface area contributed by atoms with Crippen molar-refractivity contribution in [2.45, 2.75) is 71.2 Å². The van der Waals surface area contributed by atoms with Crippen molar-refractivity contribution in [1.82, 2.24) is 10.2 Å². The number of amides is 2. The molecule has 0 spiro atoms. The third kappa shape index (κ3) is 8.43. The van der Waals surface area contributed by atoms with Crippen molar-refractivity contribution in [3.63, 3.8) is 0 Å². The summed E-state index contributed by atoms with van der Waals surface area (Å²) in [5.41, 5.74) is 4.31. The SMILES string of the molecule is CCCCNC(=O)[C@@H](CC)N(CCc1ccccc1)C(=O)CN(c1ccc(C)c(C)c1)S(=O)(=O)c1ccc(C)cc1. The summed E-state index contributed by atoms with van der Waals surface area (Å²) in [7, 11) is -4.08. The van der Waals surface area contributed by atoms with Crippen molar-refractivity contribution in [3.8, 4) is 0 Å². The number of rotatable bonds is 14. The number of sulfonamides is 1. The number of nitrogens with one attached hydrogen (secondary N) is 1. The number of anilines is 1. The molecule has 3 rings (SSSR count). The molecule has 0 fully saturated rings. The third-order valence-corrected chi connectivity index (χ3v) is 9.15. The first kappa shape index (κ1) is 31.9. The van der Waals surface area contributed by atoms with E-state index in [9.17, 15) is 18.0 Å². The fraction of sp³-hybridized carbons (Fsp3) is 0.394. The van der Waals surface area contributed by atoms with Crippen LogP contribution in [0.25, 0.3) is 0 Å². The lowest BCUT2D eigenvalue weighted by molar-refractivity contribution is -0.139. The average Bonchev–Trinajstić information content (AvgIpc) is 2.96. The molecule has 0 unspecified atom stereocenters. The largest absolute Gasteiger partial charge is 0.354 e. The summed E-state index contributed by atoms with van der Waals surface area (Å²) >= 11 is 0. The Morgan fingerprint density at radius 1 is 0.878 bits per heavy atom. The molecule has 8 heteroatoms. The molecule has 0 saturated carbocycles. The molecular weight excluding hydrogens is 534 g/mol. The Kier molecular flexibility index (Phi) is 11.5. The van der Waals surface area contributed by atoms with E-state index in [2.05, 4.69) is 12.2 Å². The van der Waals surface area contributed by atoms with Crippen LogP contribution in [-0.4, -0.2) is 50.8 Å². The molecule has 0 bridgehead atoms. The fourth-order valence-electron chi connectivity index (χ4n) is 4.65. The monoisotopic (exact) mass is 577 g/mol. The van der Waals surface area contributed by atoms with Crippen LogP contribution < -0.4 is 9.62 Å². The first-order valence-corrected chi connectivity index (χ1v) is 15.8. The highest BCUT2D eigenvalue weighted by Crippen LogP contribution is 2.26. The Bertz CT molecular complexity index is 1410. The van der Waals surface area contributed by atoms with Crippen LogP contribution in [0.5, 0.6) is 0 Å². The minimum Gasteiger partial charge on any atom is -0.354 e. The molecule has 0 aliphatic heterocycles. The number of hydrogen-bond donors (Lipinski definition) is 1. The topological polar surface area (TPSA) is 86.8 Å². The average molecular weight is 578 g/mol. The van der Waals surface area contributed by atoms with Gasteiger partial charge in [0.25, 0.3) is 10.0 Å². The number of carbonyl (C=O) groups excluding carboxylic acids is 2. The summed E-state index contributed by atoms with van der Waals surface area (Å²) in [6, 6.07) is 21.0. The van der Waals surface area contributed by atoms with Gasteiger partial charge in [0.1, 0.15) is 12.6 Å². The van der Waals surface area contributed by atoms with E-state index in [1.165, 1.54) is 4.31 Å². The van der Waals surface area contributed by atoms with Crippen molar-refractivity contribution < 1.29 is 18.0 Å². The summed E-state index contributed by atoms with van der Waals surface area (Å²) in [5, 5.41) is 2.96. The van der Waals surface area contributed by atoms with Crippen molar-refractivity contribution in [1.29, 1.82) is 0 Å². The van der Waals surface area contributed by atoms with Gasteiger partial charge in [-0.2, -0.15) is 0 Å². The predicted molar refractivity (Wildman–Crippen MR) is 165 cm³/mol. The maximum atomic E-state index is 14.1. The van der Waals surface area contributed by atoms with Crippen molar-refractivity contribution in [3.05, 3.63) is 95.1 Å². The molecule has 0 radical (unpaired) electrons. The minimum absolute atomic E-state index is 0.106. The smallest absolute Gasteiger partial charge is 0.264 e. The van der Waals surface area contributed by atoms with Crippen molar-refractivity contribution >= 4 is 27.5 Å². The van der Waals surface area contributed by atoms with Crippen molar-refractivity contribution in [2.75, 3.05) is 23.9 Å². The summed E-state index contributed by atoms with van der Waals surface area (Å²) < 4.78 is 29.2. The molecule has 1 atom stereocenters. The molecule has 7 nitrogen and oxygen atoms in total. The van der Waals surface area contributed by atoms with Crippen LogP contribution in [0, 0.1) is 20.8 Å². The Labute approximate surface area is 245 Å². The molecule has 0 heterocycles. The molecule has 3 aromatic rings. The van der Waals surface area contributed by atoms with Gasteiger partial charge in [0.2, 0.25) is 11.8 Å². The minimum atomic E-state index is -4.08. The standard InChI is InChI=1S/C33H43N3O4S/c1-6-8-21-34-33(38)31(7-2)35(22-20-28-12-10-9-11-13-28)32(37)24-36(29-17-16-26(4)27(5)23-29)41(39,40)30-18-14-25(3)15-19-30/h9-19,23,31H,6-8,20-22,24H2,1-5H3,(H,34,38)/t31-/m1/s1. The molecule has 220 valence electrons. The first-order valence-electron chi connectivity index (χ1n) is 14.4. The van der Waals surface area contributed by atoms with Gasteiger partial charge in [0, 0.05) is 13.1 Å². The maximum Gasteiger partial charge on any atom is 0.264 e. The van der Waals surface area contributed by atoms with Crippen LogP contribution in [0.4, 0.5) is 5.69 Å². The molecule has 2 amide bonds. The van der Waals surface area contributed by atoms with E-state index in [0.29, 0.717) is 25.1 Å². The van der Waals surface area contributed by atoms with E-state index in [-0.39, 0.29) is 17.3 Å². The summed E-state index contributed by atoms with van der Waals surface area (Å²) in [5.74, 6) is -0.645. The normalized spacial score (nSPS) is 12.0. The van der Waals surface area contributed by atoms with Gasteiger partial charge in [0.15, 0.2) is 0 Å². The number of carbonyl (C=O) groups is 2. The number of benzene rings is 3. The van der Waals surface area contributed by atoms with Crippen LogP contribution in [0.3, 0.4) is 0 Å². The lowest BCUT2D eigenvalue weighted by Crippen LogP contribution is -2.53. The Morgan fingerprint density at radius 2 is 1.56 bits per heavy atom. The van der Waals surface area contributed by atoms with E-state index in [4.69, 9.17) is 0 Å². The lowest BCUT2D eigenvalue weighted by Gasteiger charge is -2.33. The fourth-order valence-corrected chi connectivity index (χ4v) is 6.06. The third-order valence-electron chi connectivity index (χ3n) is 7.37. The zero-order valence-electron chi connectivity index (χ0n) is 24.9. The Hall–Kier alpha value is -3.65. The molecule has 0 aromatic heterocycles. The second-order valence-corrected chi connectivity index (χ2v) is 12.3. The molecule has 3 aromatic carbocycles. The second-order valence-electron chi connectivity index (χ2n) is 10.5. The van der Waals surface area contributed by atoms with E-state index < -0.39 is 28.5 Å². The van der Waals surface area contributed by atoms with Gasteiger partial charge in [-0.3, -0.25) is 13.9 Å². The highest BCUT2D eigenvalue weighted by atomic mass is 32.2. The maximum absolute atomic E-state index is 14.1. The van der Waals surface area contributed by atoms with Crippen LogP contribution in [0.15, 0.2) is 77.7 Å². The predicted octanol–water partition coefficient (Wildman–Crippen LogP) is 5.57. The van der Waals surface area contributed by atoms with Gasteiger partial charge in [-0.15, -0.1) is 0 Å². The van der Waals surface area contributed by atoms with Crippen LogP contribution in [0.1, 0.15) is 55.4 Å². The number of unbranched alkanes of at least 4 members (excludes halogenated alkanes) is 1. The lowest BCUT2D eigenvalue weighted by atomic mass is 10.1. The van der Waals surface area contributed by atoms with E-state index in [0.717, 1.165) is 35.1 Å². The molecule has 0 saturated heterocycles. The van der Waals surface area contributed by atoms with E-state index in [1.54, 1.807) is 41.3 Å². The summed E-state index contributed by atoms with van der Waals surface area (Å²) in [6.07, 6.45) is 2.73. The first-order chi connectivity index (χ1) is 19.6. The van der Waals surface area contributed by atoms with Crippen LogP contribution in [0.2, 0.25) is 0 Å². The van der Waals surface area contributed by atoms with Crippen LogP contribution >= 0.6 is 0 Å². The van der Waals surface area contributed by atoms with Gasteiger partial charge < -0.3 is 10.2 Å². The number of hydrogen-bond acceptors (Lipinski definition) is 4. The zero-order valence-corrected chi connectivity index (χ0v) is 25.7. The second kappa shape index (κ2) is 14.8. The van der Waals surface area contributed by atoms with Crippen LogP contribution in [-0.2, 0) is 26.0 Å². The number of nitrogens with zero attached hydrogens (tertiary/aromatic N) is 2. The van der Waals surface area contributed by atoms with Gasteiger partial charge in [0.05, 0.1) is 10.6 Å². The Balaban J connectivity index is 2.01. The molecule has 0 aliphatic rings. The quantitative estimate of drug-likeness (QED) is 0.254. The summed E-state index contributed by atoms with van der Waals surface area (Å²) in [6.45, 7) is 10.1. The van der Waals surface area contributed by atoms with E-state index >= 15 is 0 Å². The number of aryl methyl sites for hydroxylation is 3. The summed E-state index contributed by atoms with van der Waals surface area (Å²) in [4.78, 5) is 29.0. The van der Waals surface area contributed by atoms with E-state index in [1.807, 2.05) is 64.1 Å². The van der Waals surface area contributed by atoms with Gasteiger partial charge in [-0.1, -0.05) is 74.4 Å². The Morgan fingerprint density at radius 3 is 2.17 bits per heavy atom. The van der Waals surface area contributed by atoms with Gasteiger partial charge in [-0.25, -0.2) is 8.42 Å². The zero-order chi connectivity index (χ0) is 30.0.